The lowest BCUT2D eigenvalue weighted by Gasteiger charge is -2.37. The average molecular weight is 348 g/mol. The van der Waals surface area contributed by atoms with E-state index in [9.17, 15) is 13.2 Å². The molecule has 2 fully saturated rings. The highest BCUT2D eigenvalue weighted by molar-refractivity contribution is 7.91. The van der Waals surface area contributed by atoms with E-state index >= 15 is 0 Å². The Hall–Kier alpha value is -1.86. The quantitative estimate of drug-likeness (QED) is 0.863. The molecule has 0 bridgehead atoms. The normalized spacial score (nSPS) is 29.1. The Morgan fingerprint density at radius 3 is 2.92 bits per heavy atom. The molecule has 24 heavy (non-hydrogen) atoms. The van der Waals surface area contributed by atoms with Gasteiger partial charge in [0.1, 0.15) is 5.69 Å². The van der Waals surface area contributed by atoms with E-state index in [0.29, 0.717) is 31.6 Å². The van der Waals surface area contributed by atoms with Gasteiger partial charge in [-0.3, -0.25) is 4.79 Å². The highest BCUT2D eigenvalue weighted by atomic mass is 32.2. The van der Waals surface area contributed by atoms with Crippen molar-refractivity contribution < 1.29 is 17.9 Å². The molecule has 1 spiro atoms. The van der Waals surface area contributed by atoms with E-state index in [1.54, 1.807) is 0 Å². The van der Waals surface area contributed by atoms with E-state index in [4.69, 9.17) is 4.74 Å². The molecule has 7 heteroatoms. The number of H-pyrrole nitrogens is 1. The number of para-hydroxylation sites is 1. The van der Waals surface area contributed by atoms with Crippen LogP contribution in [-0.2, 0) is 14.6 Å². The molecule has 2 aliphatic rings. The fraction of sp³-hybridized carbons (Fsp3) is 0.471. The van der Waals surface area contributed by atoms with Crippen molar-refractivity contribution in [2.75, 3.05) is 18.1 Å². The molecule has 2 N–H and O–H groups in total. The summed E-state index contributed by atoms with van der Waals surface area (Å²) in [6.45, 7) is 0.479. The van der Waals surface area contributed by atoms with Crippen LogP contribution < -0.4 is 5.32 Å². The molecule has 1 amide bonds. The number of ether oxygens (including phenoxy) is 1. The third-order valence-corrected chi connectivity index (χ3v) is 6.75. The summed E-state index contributed by atoms with van der Waals surface area (Å²) < 4.78 is 29.4. The number of aromatic amines is 1. The van der Waals surface area contributed by atoms with Crippen molar-refractivity contribution in [2.24, 2.45) is 0 Å². The number of nitrogens with one attached hydrogen (secondary N) is 2. The van der Waals surface area contributed by atoms with Crippen LogP contribution in [0.5, 0.6) is 0 Å². The first kappa shape index (κ1) is 15.7. The van der Waals surface area contributed by atoms with Crippen molar-refractivity contribution in [1.29, 1.82) is 0 Å². The third-order valence-electron chi connectivity index (χ3n) is 4.95. The number of rotatable bonds is 2. The van der Waals surface area contributed by atoms with E-state index in [1.165, 1.54) is 0 Å². The standard InChI is InChI=1S/C17H20N2O4S/c20-16(15-9-12-3-1-2-4-14(12)19-15)18-13-5-7-23-17(10-13)6-8-24(21,22)11-17/h1-4,9,13,19H,5-8,10-11H2,(H,18,20). The SMILES string of the molecule is O=C(NC1CCOC2(CCS(=O)(=O)C2)C1)c1cc2ccccc2[nH]1. The van der Waals surface area contributed by atoms with E-state index in [-0.39, 0.29) is 23.5 Å². The van der Waals surface area contributed by atoms with E-state index in [0.717, 1.165) is 10.9 Å². The van der Waals surface area contributed by atoms with Gasteiger partial charge in [-0.25, -0.2) is 8.42 Å². The van der Waals surface area contributed by atoms with Crippen LogP contribution in [0.15, 0.2) is 30.3 Å². The van der Waals surface area contributed by atoms with Gasteiger partial charge in [-0.2, -0.15) is 0 Å². The van der Waals surface area contributed by atoms with Gasteiger partial charge in [-0.15, -0.1) is 0 Å². The Labute approximate surface area is 140 Å². The first-order chi connectivity index (χ1) is 11.4. The zero-order valence-electron chi connectivity index (χ0n) is 13.2. The van der Waals surface area contributed by atoms with Crippen LogP contribution >= 0.6 is 0 Å². The van der Waals surface area contributed by atoms with Crippen molar-refractivity contribution in [2.45, 2.75) is 30.9 Å². The molecule has 1 aromatic heterocycles. The molecular formula is C17H20N2O4S. The van der Waals surface area contributed by atoms with Gasteiger partial charge in [0.05, 0.1) is 17.1 Å². The van der Waals surface area contributed by atoms with Gasteiger partial charge in [-0.1, -0.05) is 18.2 Å². The smallest absolute Gasteiger partial charge is 0.267 e. The summed E-state index contributed by atoms with van der Waals surface area (Å²) in [5, 5.41) is 4.02. The fourth-order valence-electron chi connectivity index (χ4n) is 3.77. The molecule has 6 nitrogen and oxygen atoms in total. The maximum Gasteiger partial charge on any atom is 0.267 e. The van der Waals surface area contributed by atoms with Crippen molar-refractivity contribution in [3.63, 3.8) is 0 Å². The summed E-state index contributed by atoms with van der Waals surface area (Å²) in [5.74, 6) is 0.0862. The Balaban J connectivity index is 1.47. The number of amides is 1. The van der Waals surface area contributed by atoms with Crippen LogP contribution in [0.2, 0.25) is 0 Å². The lowest BCUT2D eigenvalue weighted by Crippen LogP contribution is -2.49. The minimum atomic E-state index is -3.02. The second-order valence-corrected chi connectivity index (χ2v) is 8.99. The molecule has 2 atom stereocenters. The molecule has 2 saturated heterocycles. The lowest BCUT2D eigenvalue weighted by molar-refractivity contribution is -0.0691. The number of carbonyl (C=O) groups excluding carboxylic acids is 1. The maximum absolute atomic E-state index is 12.5. The molecule has 128 valence electrons. The molecule has 0 radical (unpaired) electrons. The van der Waals surface area contributed by atoms with Crippen LogP contribution in [-0.4, -0.2) is 49.1 Å². The maximum atomic E-state index is 12.5. The van der Waals surface area contributed by atoms with E-state index in [2.05, 4.69) is 10.3 Å². The predicted molar refractivity (Wildman–Crippen MR) is 90.7 cm³/mol. The Bertz CT molecular complexity index is 856. The average Bonchev–Trinajstić information content (AvgIpc) is 3.08. The number of hydrogen-bond donors (Lipinski definition) is 2. The summed E-state index contributed by atoms with van der Waals surface area (Å²) in [6.07, 6.45) is 1.78. The predicted octanol–water partition coefficient (Wildman–Crippen LogP) is 1.63. The molecule has 2 unspecified atom stereocenters. The molecule has 0 aliphatic carbocycles. The zero-order valence-corrected chi connectivity index (χ0v) is 14.1. The number of benzene rings is 1. The lowest BCUT2D eigenvalue weighted by atomic mass is 9.90. The molecule has 4 rings (SSSR count). The summed E-state index contributed by atoms with van der Waals surface area (Å²) >= 11 is 0. The highest BCUT2D eigenvalue weighted by Crippen LogP contribution is 2.35. The monoisotopic (exact) mass is 348 g/mol. The molecule has 0 saturated carbocycles. The van der Waals surface area contributed by atoms with E-state index in [1.807, 2.05) is 30.3 Å². The summed E-state index contributed by atoms with van der Waals surface area (Å²) in [5.41, 5.74) is 0.832. The van der Waals surface area contributed by atoms with Crippen molar-refractivity contribution in [1.82, 2.24) is 10.3 Å². The summed E-state index contributed by atoms with van der Waals surface area (Å²) in [4.78, 5) is 15.6. The molecular weight excluding hydrogens is 328 g/mol. The Kier molecular flexibility index (Phi) is 3.65. The second kappa shape index (κ2) is 5.60. The van der Waals surface area contributed by atoms with Crippen molar-refractivity contribution >= 4 is 26.6 Å². The van der Waals surface area contributed by atoms with Crippen LogP contribution in [0.3, 0.4) is 0 Å². The zero-order chi connectivity index (χ0) is 16.8. The van der Waals surface area contributed by atoms with Gasteiger partial charge in [0.25, 0.3) is 5.91 Å². The first-order valence-corrected chi connectivity index (χ1v) is 10.00. The number of hydrogen-bond acceptors (Lipinski definition) is 4. The number of sulfone groups is 1. The third kappa shape index (κ3) is 2.93. The fourth-order valence-corrected chi connectivity index (χ4v) is 5.75. The highest BCUT2D eigenvalue weighted by Gasteiger charge is 2.46. The summed E-state index contributed by atoms with van der Waals surface area (Å²) in [6, 6.07) is 9.50. The molecule has 3 heterocycles. The first-order valence-electron chi connectivity index (χ1n) is 8.18. The Morgan fingerprint density at radius 1 is 1.33 bits per heavy atom. The van der Waals surface area contributed by atoms with Crippen LogP contribution in [0.4, 0.5) is 0 Å². The minimum absolute atomic E-state index is 0.0639. The van der Waals surface area contributed by atoms with Gasteiger partial charge in [0.2, 0.25) is 0 Å². The molecule has 1 aromatic carbocycles. The van der Waals surface area contributed by atoms with Crippen LogP contribution in [0.25, 0.3) is 10.9 Å². The van der Waals surface area contributed by atoms with Crippen molar-refractivity contribution in [3.05, 3.63) is 36.0 Å². The molecule has 2 aliphatic heterocycles. The van der Waals surface area contributed by atoms with E-state index < -0.39 is 15.4 Å². The van der Waals surface area contributed by atoms with Gasteiger partial charge in [0, 0.05) is 23.6 Å². The number of carbonyl (C=O) groups is 1. The topological polar surface area (TPSA) is 88.3 Å². The second-order valence-electron chi connectivity index (χ2n) is 6.81. The summed E-state index contributed by atoms with van der Waals surface area (Å²) in [7, 11) is -3.02. The van der Waals surface area contributed by atoms with Gasteiger partial charge < -0.3 is 15.0 Å². The Morgan fingerprint density at radius 2 is 2.17 bits per heavy atom. The number of fused-ring (bicyclic) bond motifs is 1. The molecule has 2 aromatic rings. The van der Waals surface area contributed by atoms with Crippen LogP contribution in [0.1, 0.15) is 29.8 Å². The minimum Gasteiger partial charge on any atom is -0.374 e. The number of aromatic nitrogens is 1. The van der Waals surface area contributed by atoms with Crippen LogP contribution in [0, 0.1) is 0 Å². The van der Waals surface area contributed by atoms with Gasteiger partial charge in [0.15, 0.2) is 9.84 Å². The van der Waals surface area contributed by atoms with Gasteiger partial charge in [-0.05, 0) is 31.4 Å². The largest absolute Gasteiger partial charge is 0.374 e. The van der Waals surface area contributed by atoms with Crippen molar-refractivity contribution in [3.8, 4) is 0 Å². The van der Waals surface area contributed by atoms with Gasteiger partial charge >= 0.3 is 0 Å².